The molecule has 2 unspecified atom stereocenters. The Hall–Kier alpha value is -2.42. The monoisotopic (exact) mass is 632 g/mol. The third kappa shape index (κ3) is 13.8. The fraction of sp³-hybridized carbons (Fsp3) is 0.730. The molecule has 0 saturated carbocycles. The average molecular weight is 633 g/mol. The van der Waals surface area contributed by atoms with Crippen molar-refractivity contribution in [2.75, 3.05) is 64.7 Å². The minimum absolute atomic E-state index is 0.0238. The number of hydrogen-bond acceptors (Lipinski definition) is 7. The second kappa shape index (κ2) is 18.1. The SMILES string of the molecule is C=Cc1ccc(N(C)CCNC(=O)C(CC(C)(C)C(C)(C)C(CC(C)(C)C)C(=O)OCCOCCOCCO)C(C)(C)C)cc1. The molecule has 45 heavy (non-hydrogen) atoms. The quantitative estimate of drug-likeness (QED) is 0.123. The predicted molar refractivity (Wildman–Crippen MR) is 185 cm³/mol. The second-order valence-corrected chi connectivity index (χ2v) is 15.7. The van der Waals surface area contributed by atoms with Gasteiger partial charge in [-0.15, -0.1) is 0 Å². The molecule has 0 aliphatic rings. The molecule has 0 heterocycles. The third-order valence-electron chi connectivity index (χ3n) is 9.19. The number of amides is 1. The topological polar surface area (TPSA) is 97.3 Å². The van der Waals surface area contributed by atoms with Gasteiger partial charge in [0.25, 0.3) is 0 Å². The molecule has 0 aliphatic heterocycles. The maximum atomic E-state index is 13.7. The van der Waals surface area contributed by atoms with E-state index in [4.69, 9.17) is 19.3 Å². The van der Waals surface area contributed by atoms with Gasteiger partial charge in [-0.05, 0) is 52.2 Å². The first kappa shape index (κ1) is 40.6. The van der Waals surface area contributed by atoms with Crippen molar-refractivity contribution in [2.45, 2.75) is 82.1 Å². The molecule has 8 nitrogen and oxygen atoms in total. The van der Waals surface area contributed by atoms with Crippen molar-refractivity contribution in [2.24, 2.45) is 33.5 Å². The van der Waals surface area contributed by atoms with E-state index in [9.17, 15) is 9.59 Å². The van der Waals surface area contributed by atoms with Crippen LogP contribution in [0.2, 0.25) is 0 Å². The number of aliphatic hydroxyl groups excluding tert-OH is 1. The van der Waals surface area contributed by atoms with Crippen LogP contribution in [0.3, 0.4) is 0 Å². The van der Waals surface area contributed by atoms with Gasteiger partial charge in [0.2, 0.25) is 5.91 Å². The number of carbonyl (C=O) groups excluding carboxylic acids is 2. The van der Waals surface area contributed by atoms with Gasteiger partial charge in [-0.3, -0.25) is 9.59 Å². The Morgan fingerprint density at radius 2 is 1.42 bits per heavy atom. The molecule has 0 bridgehead atoms. The van der Waals surface area contributed by atoms with Crippen LogP contribution in [-0.2, 0) is 23.8 Å². The molecule has 1 aromatic carbocycles. The standard InChI is InChI=1S/C37H64N2O6/c1-13-28-14-16-29(17-15-28)39(12)19-18-38-32(41)30(35(5,6)7)27-36(8,9)37(10,11)31(26-34(2,3)4)33(42)45-25-24-44-23-22-43-21-20-40/h13-17,30-31,40H,1,18-27H2,2-12H3,(H,38,41). The summed E-state index contributed by atoms with van der Waals surface area (Å²) >= 11 is 0. The number of aliphatic hydroxyl groups is 1. The van der Waals surface area contributed by atoms with Gasteiger partial charge in [-0.2, -0.15) is 0 Å². The predicted octanol–water partition coefficient (Wildman–Crippen LogP) is 6.61. The molecule has 2 atom stereocenters. The average Bonchev–Trinajstić information content (AvgIpc) is 2.94. The summed E-state index contributed by atoms with van der Waals surface area (Å²) in [6.07, 6.45) is 3.10. The number of anilines is 1. The summed E-state index contributed by atoms with van der Waals surface area (Å²) < 4.78 is 16.5. The summed E-state index contributed by atoms with van der Waals surface area (Å²) in [7, 11) is 2.02. The number of esters is 1. The van der Waals surface area contributed by atoms with Gasteiger partial charge in [0, 0.05) is 31.7 Å². The molecule has 258 valence electrons. The van der Waals surface area contributed by atoms with E-state index in [1.807, 2.05) is 25.3 Å². The van der Waals surface area contributed by atoms with Crippen molar-refractivity contribution >= 4 is 23.6 Å². The van der Waals surface area contributed by atoms with Crippen molar-refractivity contribution in [3.8, 4) is 0 Å². The van der Waals surface area contributed by atoms with Crippen molar-refractivity contribution in [1.82, 2.24) is 5.32 Å². The Kier molecular flexibility index (Phi) is 16.3. The zero-order valence-electron chi connectivity index (χ0n) is 30.3. The Morgan fingerprint density at radius 1 is 0.867 bits per heavy atom. The van der Waals surface area contributed by atoms with E-state index in [2.05, 4.69) is 98.2 Å². The zero-order valence-corrected chi connectivity index (χ0v) is 30.3. The van der Waals surface area contributed by atoms with E-state index in [1.54, 1.807) is 0 Å². The number of ether oxygens (including phenoxy) is 3. The van der Waals surface area contributed by atoms with Crippen LogP contribution in [0.5, 0.6) is 0 Å². The van der Waals surface area contributed by atoms with Gasteiger partial charge in [0.05, 0.1) is 39.0 Å². The molecule has 1 rings (SSSR count). The maximum absolute atomic E-state index is 13.7. The summed E-state index contributed by atoms with van der Waals surface area (Å²) in [6, 6.07) is 8.18. The number of benzene rings is 1. The number of carbonyl (C=O) groups is 2. The Labute approximate surface area is 274 Å². The zero-order chi connectivity index (χ0) is 34.5. The molecule has 0 fully saturated rings. The summed E-state index contributed by atoms with van der Waals surface area (Å²) in [5, 5.41) is 12.0. The highest BCUT2D eigenvalue weighted by Gasteiger charge is 2.50. The fourth-order valence-electron chi connectivity index (χ4n) is 5.43. The fourth-order valence-corrected chi connectivity index (χ4v) is 5.43. The molecule has 8 heteroatoms. The number of rotatable bonds is 20. The molecule has 0 aliphatic carbocycles. The van der Waals surface area contributed by atoms with Gasteiger partial charge >= 0.3 is 5.97 Å². The lowest BCUT2D eigenvalue weighted by Gasteiger charge is -2.50. The van der Waals surface area contributed by atoms with Crippen LogP contribution in [0.15, 0.2) is 30.8 Å². The second-order valence-electron chi connectivity index (χ2n) is 15.7. The molecule has 1 amide bonds. The molecule has 0 saturated heterocycles. The summed E-state index contributed by atoms with van der Waals surface area (Å²) in [5.41, 5.74) is 0.932. The van der Waals surface area contributed by atoms with E-state index in [0.717, 1.165) is 11.3 Å². The first-order valence-electron chi connectivity index (χ1n) is 16.4. The number of likely N-dealkylation sites (N-methyl/N-ethyl adjacent to an activating group) is 1. The highest BCUT2D eigenvalue weighted by Crippen LogP contribution is 2.53. The van der Waals surface area contributed by atoms with Gasteiger partial charge in [-0.1, -0.05) is 94.0 Å². The molecule has 0 aromatic heterocycles. The first-order valence-corrected chi connectivity index (χ1v) is 16.4. The summed E-state index contributed by atoms with van der Waals surface area (Å²) in [4.78, 5) is 29.5. The minimum Gasteiger partial charge on any atom is -0.463 e. The van der Waals surface area contributed by atoms with E-state index in [0.29, 0.717) is 39.1 Å². The van der Waals surface area contributed by atoms with E-state index in [-0.39, 0.29) is 66.4 Å². The van der Waals surface area contributed by atoms with Crippen molar-refractivity contribution in [1.29, 1.82) is 0 Å². The smallest absolute Gasteiger partial charge is 0.309 e. The van der Waals surface area contributed by atoms with Crippen LogP contribution in [-0.4, -0.2) is 76.8 Å². The third-order valence-corrected chi connectivity index (χ3v) is 9.19. The normalized spacial score (nSPS) is 14.0. The molecule has 2 N–H and O–H groups in total. The van der Waals surface area contributed by atoms with Crippen molar-refractivity contribution in [3.63, 3.8) is 0 Å². The van der Waals surface area contributed by atoms with E-state index < -0.39 is 5.41 Å². The highest BCUT2D eigenvalue weighted by molar-refractivity contribution is 5.79. The van der Waals surface area contributed by atoms with Crippen LogP contribution in [0.25, 0.3) is 6.08 Å². The molecule has 0 radical (unpaired) electrons. The lowest BCUT2D eigenvalue weighted by molar-refractivity contribution is -0.161. The van der Waals surface area contributed by atoms with Crippen LogP contribution >= 0.6 is 0 Å². The highest BCUT2D eigenvalue weighted by atomic mass is 16.6. The van der Waals surface area contributed by atoms with Crippen molar-refractivity contribution in [3.05, 3.63) is 36.4 Å². The number of nitrogens with one attached hydrogen (secondary N) is 1. The minimum atomic E-state index is -0.474. The lowest BCUT2D eigenvalue weighted by atomic mass is 9.54. The largest absolute Gasteiger partial charge is 0.463 e. The van der Waals surface area contributed by atoms with Crippen molar-refractivity contribution < 1.29 is 28.9 Å². The molecular formula is C37H64N2O6. The summed E-state index contributed by atoms with van der Waals surface area (Å²) in [5.74, 6) is -0.817. The maximum Gasteiger partial charge on any atom is 0.309 e. The van der Waals surface area contributed by atoms with E-state index in [1.165, 1.54) is 0 Å². The van der Waals surface area contributed by atoms with Crippen LogP contribution in [0.4, 0.5) is 5.69 Å². The van der Waals surface area contributed by atoms with Gasteiger partial charge in [0.1, 0.15) is 6.61 Å². The Morgan fingerprint density at radius 3 is 1.93 bits per heavy atom. The van der Waals surface area contributed by atoms with Gasteiger partial charge in [-0.25, -0.2) is 0 Å². The lowest BCUT2D eigenvalue weighted by Crippen LogP contribution is -2.49. The van der Waals surface area contributed by atoms with Crippen LogP contribution < -0.4 is 10.2 Å². The number of hydrogen-bond donors (Lipinski definition) is 2. The Bertz CT molecular complexity index is 1040. The molecule has 0 spiro atoms. The Balaban J connectivity index is 2.97. The molecule has 1 aromatic rings. The molecular weight excluding hydrogens is 568 g/mol. The van der Waals surface area contributed by atoms with Crippen LogP contribution in [0, 0.1) is 33.5 Å². The van der Waals surface area contributed by atoms with Crippen LogP contribution in [0.1, 0.15) is 87.6 Å². The van der Waals surface area contributed by atoms with Gasteiger partial charge in [0.15, 0.2) is 0 Å². The number of nitrogens with zero attached hydrogens (tertiary/aromatic N) is 1. The first-order chi connectivity index (χ1) is 20.8. The van der Waals surface area contributed by atoms with Gasteiger partial charge < -0.3 is 29.5 Å². The van der Waals surface area contributed by atoms with E-state index >= 15 is 0 Å². The summed E-state index contributed by atoms with van der Waals surface area (Å²) in [6.45, 7) is 27.9.